The van der Waals surface area contributed by atoms with Crippen molar-refractivity contribution in [1.82, 2.24) is 0 Å². The lowest BCUT2D eigenvalue weighted by Crippen LogP contribution is -2.71. The molecule has 0 aromatic carbocycles. The third kappa shape index (κ3) is 3.02. The molecule has 4 saturated carbocycles. The third-order valence-electron chi connectivity index (χ3n) is 10.4. The van der Waals surface area contributed by atoms with Crippen LogP contribution in [0.5, 0.6) is 0 Å². The van der Waals surface area contributed by atoms with E-state index in [0.717, 1.165) is 38.5 Å². The maximum atomic E-state index is 12.2. The molecule has 5 heteroatoms. The fraction of sp³-hybridized carbons (Fsp3) is 0.958. The van der Waals surface area contributed by atoms with E-state index >= 15 is 0 Å². The largest absolute Gasteiger partial charge is 0.481 e. The smallest absolute Gasteiger partial charge is 0.303 e. The standard InChI is InChI=1S/C24H40O5/c1-14(4-9-21(27)28)17-7-8-18-19-6-5-15-12-16(25)10-11-23(15,3)24(19,29)20(26)13-22(17,18)2/h14-20,25-26,29H,4-13H2,1-3H3,(H,27,28)/t14-,15-,16+,17-,18+,19+,20+,22-,23+,24+/m1/s1. The first-order valence-corrected chi connectivity index (χ1v) is 11.8. The second-order valence-electron chi connectivity index (χ2n) is 11.5. The van der Waals surface area contributed by atoms with E-state index < -0.39 is 17.7 Å². The summed E-state index contributed by atoms with van der Waals surface area (Å²) in [7, 11) is 0. The quantitative estimate of drug-likeness (QED) is 0.570. The minimum Gasteiger partial charge on any atom is -0.481 e. The second-order valence-corrected chi connectivity index (χ2v) is 11.5. The highest BCUT2D eigenvalue weighted by Crippen LogP contribution is 2.69. The average molecular weight is 409 g/mol. The van der Waals surface area contributed by atoms with Crippen LogP contribution in [-0.2, 0) is 4.79 Å². The van der Waals surface area contributed by atoms with Crippen molar-refractivity contribution in [2.75, 3.05) is 0 Å². The number of rotatable bonds is 4. The van der Waals surface area contributed by atoms with Crippen molar-refractivity contribution in [3.63, 3.8) is 0 Å². The normalized spacial score (nSPS) is 52.9. The number of hydrogen-bond acceptors (Lipinski definition) is 4. The van der Waals surface area contributed by atoms with Gasteiger partial charge in [-0.05, 0) is 92.8 Å². The summed E-state index contributed by atoms with van der Waals surface area (Å²) in [5, 5.41) is 42.9. The zero-order chi connectivity index (χ0) is 21.2. The summed E-state index contributed by atoms with van der Waals surface area (Å²) in [6, 6.07) is 0. The monoisotopic (exact) mass is 408 g/mol. The van der Waals surface area contributed by atoms with Crippen LogP contribution in [0.25, 0.3) is 0 Å². The lowest BCUT2D eigenvalue weighted by Gasteiger charge is -2.67. The molecule has 0 saturated heterocycles. The van der Waals surface area contributed by atoms with Crippen LogP contribution in [0, 0.1) is 40.4 Å². The van der Waals surface area contributed by atoms with Crippen LogP contribution in [0.2, 0.25) is 0 Å². The van der Waals surface area contributed by atoms with Crippen LogP contribution >= 0.6 is 0 Å². The van der Waals surface area contributed by atoms with Gasteiger partial charge in [-0.15, -0.1) is 0 Å². The van der Waals surface area contributed by atoms with Gasteiger partial charge in [0.2, 0.25) is 0 Å². The highest BCUT2D eigenvalue weighted by atomic mass is 16.4. The predicted octanol–water partition coefficient (Wildman–Crippen LogP) is 3.59. The van der Waals surface area contributed by atoms with Crippen LogP contribution in [0.1, 0.15) is 85.0 Å². The van der Waals surface area contributed by atoms with Crippen LogP contribution in [-0.4, -0.2) is 44.2 Å². The zero-order valence-corrected chi connectivity index (χ0v) is 18.3. The SMILES string of the molecule is C[C@H](CCC(=O)O)[C@H]1CC[C@H]2[C@@H]3CC[C@@H]4C[C@@H](O)CC[C@]4(C)[C@@]3(O)[C@@H](O)C[C@]12C. The summed E-state index contributed by atoms with van der Waals surface area (Å²) in [6.45, 7) is 6.65. The van der Waals surface area contributed by atoms with Crippen molar-refractivity contribution in [2.24, 2.45) is 40.4 Å². The summed E-state index contributed by atoms with van der Waals surface area (Å²) in [5.41, 5.74) is -1.44. The first kappa shape index (κ1) is 21.6. The molecule has 0 aromatic rings. The van der Waals surface area contributed by atoms with E-state index in [1.165, 1.54) is 0 Å². The molecule has 4 aliphatic carbocycles. The molecule has 0 amide bonds. The Balaban J connectivity index is 1.62. The molecule has 4 fully saturated rings. The summed E-state index contributed by atoms with van der Waals surface area (Å²) in [4.78, 5) is 11.1. The van der Waals surface area contributed by atoms with Gasteiger partial charge in [0.05, 0.1) is 17.8 Å². The fourth-order valence-electron chi connectivity index (χ4n) is 8.82. The van der Waals surface area contributed by atoms with Gasteiger partial charge in [-0.3, -0.25) is 4.79 Å². The first-order valence-electron chi connectivity index (χ1n) is 11.8. The summed E-state index contributed by atoms with van der Waals surface area (Å²) >= 11 is 0. The number of carbonyl (C=O) groups is 1. The molecule has 0 heterocycles. The molecule has 29 heavy (non-hydrogen) atoms. The second kappa shape index (κ2) is 7.20. The highest BCUT2D eigenvalue weighted by Gasteiger charge is 2.70. The highest BCUT2D eigenvalue weighted by molar-refractivity contribution is 5.66. The van der Waals surface area contributed by atoms with Crippen LogP contribution in [0.3, 0.4) is 0 Å². The molecule has 0 bridgehead atoms. The molecular formula is C24H40O5. The summed E-state index contributed by atoms with van der Waals surface area (Å²) in [5.74, 6) is 0.752. The van der Waals surface area contributed by atoms with E-state index in [0.29, 0.717) is 37.0 Å². The maximum Gasteiger partial charge on any atom is 0.303 e. The molecule has 0 unspecified atom stereocenters. The number of aliphatic hydroxyl groups is 3. The maximum absolute atomic E-state index is 12.2. The van der Waals surface area contributed by atoms with Crippen molar-refractivity contribution >= 4 is 5.97 Å². The van der Waals surface area contributed by atoms with Gasteiger partial charge in [-0.1, -0.05) is 20.8 Å². The first-order chi connectivity index (χ1) is 13.5. The Morgan fingerprint density at radius 2 is 1.76 bits per heavy atom. The number of carboxylic acids is 1. The molecule has 0 spiro atoms. The van der Waals surface area contributed by atoms with Crippen molar-refractivity contribution in [1.29, 1.82) is 0 Å². The van der Waals surface area contributed by atoms with E-state index in [4.69, 9.17) is 5.11 Å². The van der Waals surface area contributed by atoms with Gasteiger partial charge in [0.1, 0.15) is 0 Å². The van der Waals surface area contributed by atoms with Gasteiger partial charge in [0, 0.05) is 11.8 Å². The number of carboxylic acid groups (broad SMARTS) is 1. The van der Waals surface area contributed by atoms with E-state index in [1.807, 2.05) is 0 Å². The van der Waals surface area contributed by atoms with Gasteiger partial charge >= 0.3 is 5.97 Å². The molecule has 4 aliphatic rings. The van der Waals surface area contributed by atoms with Gasteiger partial charge in [0.15, 0.2) is 0 Å². The minimum absolute atomic E-state index is 0.0361. The molecule has 4 N–H and O–H groups in total. The fourth-order valence-corrected chi connectivity index (χ4v) is 8.82. The third-order valence-corrected chi connectivity index (χ3v) is 10.4. The number of aliphatic hydroxyl groups excluding tert-OH is 2. The Morgan fingerprint density at radius 1 is 1.07 bits per heavy atom. The molecule has 166 valence electrons. The molecule has 4 rings (SSSR count). The van der Waals surface area contributed by atoms with Crippen LogP contribution in [0.15, 0.2) is 0 Å². The average Bonchev–Trinajstić information content (AvgIpc) is 2.98. The van der Waals surface area contributed by atoms with Crippen molar-refractivity contribution in [2.45, 2.75) is 103 Å². The lowest BCUT2D eigenvalue weighted by atomic mass is 9.41. The molecule has 0 aromatic heterocycles. The Morgan fingerprint density at radius 3 is 2.45 bits per heavy atom. The van der Waals surface area contributed by atoms with E-state index in [1.54, 1.807) is 0 Å². The lowest BCUT2D eigenvalue weighted by molar-refractivity contribution is -0.286. The molecule has 0 radical (unpaired) electrons. The Labute approximate surface area is 174 Å². The predicted molar refractivity (Wildman–Crippen MR) is 110 cm³/mol. The number of hydrogen-bond donors (Lipinski definition) is 4. The summed E-state index contributed by atoms with van der Waals surface area (Å²) < 4.78 is 0. The van der Waals surface area contributed by atoms with Gasteiger partial charge in [-0.2, -0.15) is 0 Å². The van der Waals surface area contributed by atoms with Crippen molar-refractivity contribution in [3.05, 3.63) is 0 Å². The Bertz CT molecular complexity index is 651. The molecule has 10 atom stereocenters. The minimum atomic E-state index is -1.07. The van der Waals surface area contributed by atoms with Crippen LogP contribution < -0.4 is 0 Å². The van der Waals surface area contributed by atoms with E-state index in [2.05, 4.69) is 20.8 Å². The Kier molecular flexibility index (Phi) is 5.36. The molecule has 5 nitrogen and oxygen atoms in total. The van der Waals surface area contributed by atoms with Gasteiger partial charge < -0.3 is 20.4 Å². The number of fused-ring (bicyclic) bond motifs is 5. The van der Waals surface area contributed by atoms with Gasteiger partial charge in [-0.25, -0.2) is 0 Å². The van der Waals surface area contributed by atoms with E-state index in [9.17, 15) is 20.1 Å². The molecule has 0 aliphatic heterocycles. The van der Waals surface area contributed by atoms with E-state index in [-0.39, 0.29) is 35.2 Å². The van der Waals surface area contributed by atoms with Gasteiger partial charge in [0.25, 0.3) is 0 Å². The zero-order valence-electron chi connectivity index (χ0n) is 18.3. The topological polar surface area (TPSA) is 98.0 Å². The van der Waals surface area contributed by atoms with Crippen molar-refractivity contribution in [3.8, 4) is 0 Å². The summed E-state index contributed by atoms with van der Waals surface area (Å²) in [6.07, 6.45) is 6.82. The molecular weight excluding hydrogens is 368 g/mol. The van der Waals surface area contributed by atoms with Crippen molar-refractivity contribution < 1.29 is 25.2 Å². The van der Waals surface area contributed by atoms with Crippen LogP contribution in [0.4, 0.5) is 0 Å². The number of aliphatic carboxylic acids is 1. The Hall–Kier alpha value is -0.650.